The lowest BCUT2D eigenvalue weighted by Crippen LogP contribution is -2.26. The van der Waals surface area contributed by atoms with Crippen molar-refractivity contribution < 1.29 is 42.6 Å². The van der Waals surface area contributed by atoms with Crippen LogP contribution in [-0.4, -0.2) is 62.0 Å². The first-order valence-corrected chi connectivity index (χ1v) is 10.6. The molecular weight excluding hydrogens is 562 g/mol. The zero-order valence-corrected chi connectivity index (χ0v) is 19.3. The molecule has 0 aromatic heterocycles. The van der Waals surface area contributed by atoms with Gasteiger partial charge < -0.3 is 25.1 Å². The van der Waals surface area contributed by atoms with Crippen molar-refractivity contribution in [3.63, 3.8) is 0 Å². The average molecular weight is 583 g/mol. The fourth-order valence-corrected chi connectivity index (χ4v) is 2.85. The number of rotatable bonds is 13. The first kappa shape index (κ1) is 26.8. The minimum Gasteiger partial charge on any atom is -0.394 e. The monoisotopic (exact) mass is 583 g/mol. The molecule has 2 aromatic rings. The molecule has 9 nitrogen and oxygen atoms in total. The highest BCUT2D eigenvalue weighted by Crippen LogP contribution is 2.30. The van der Waals surface area contributed by atoms with Crippen LogP contribution in [0.4, 0.5) is 24.5 Å². The van der Waals surface area contributed by atoms with Crippen molar-refractivity contribution in [3.8, 4) is 0 Å². The van der Waals surface area contributed by atoms with Crippen LogP contribution in [-0.2, 0) is 14.4 Å². The highest BCUT2D eigenvalue weighted by Gasteiger charge is 2.23. The van der Waals surface area contributed by atoms with Gasteiger partial charge in [0.1, 0.15) is 12.4 Å². The van der Waals surface area contributed by atoms with E-state index in [1.165, 1.54) is 18.2 Å². The van der Waals surface area contributed by atoms with Crippen molar-refractivity contribution >= 4 is 46.1 Å². The third-order valence-corrected chi connectivity index (χ3v) is 4.52. The quantitative estimate of drug-likeness (QED) is 0.124. The number of benzene rings is 2. The predicted octanol–water partition coefficient (Wildman–Crippen LogP) is 2.47. The van der Waals surface area contributed by atoms with Crippen molar-refractivity contribution in [1.82, 2.24) is 5.48 Å². The van der Waals surface area contributed by atoms with E-state index >= 15 is 0 Å². The van der Waals surface area contributed by atoms with Gasteiger partial charge in [0.15, 0.2) is 11.6 Å². The van der Waals surface area contributed by atoms with E-state index < -0.39 is 46.8 Å². The molecule has 0 unspecified atom stereocenters. The van der Waals surface area contributed by atoms with Gasteiger partial charge in [-0.15, -0.1) is 0 Å². The molecule has 2 rings (SSSR count). The number of nitrogens with zero attached hydrogens (tertiary/aromatic N) is 1. The molecule has 0 fully saturated rings. The number of aliphatic hydroxyl groups is 2. The maximum absolute atomic E-state index is 14.9. The molecule has 0 saturated carbocycles. The van der Waals surface area contributed by atoms with Crippen LogP contribution in [0.2, 0.25) is 0 Å². The Morgan fingerprint density at radius 1 is 1.06 bits per heavy atom. The Kier molecular flexibility index (Phi) is 11.3. The number of hydrogen-bond donors (Lipinski definition) is 4. The molecule has 0 heterocycles. The topological polar surface area (TPSA) is 122 Å². The molecule has 0 saturated heterocycles. The molecule has 0 aliphatic rings. The number of hydrogen-bond acceptors (Lipinski definition) is 8. The second-order valence-corrected chi connectivity index (χ2v) is 7.42. The van der Waals surface area contributed by atoms with Gasteiger partial charge in [-0.05, 0) is 46.9 Å². The van der Waals surface area contributed by atoms with Crippen LogP contribution in [0.3, 0.4) is 0 Å². The van der Waals surface area contributed by atoms with E-state index in [0.717, 1.165) is 12.3 Å². The fourth-order valence-electron chi connectivity index (χ4n) is 2.39. The smallest absolute Gasteiger partial charge is 0.277 e. The number of anilines is 2. The van der Waals surface area contributed by atoms with Crippen LogP contribution >= 0.6 is 22.6 Å². The van der Waals surface area contributed by atoms with Gasteiger partial charge >= 0.3 is 0 Å². The largest absolute Gasteiger partial charge is 0.394 e. The van der Waals surface area contributed by atoms with Crippen molar-refractivity contribution in [2.45, 2.75) is 0 Å². The van der Waals surface area contributed by atoms with E-state index in [0.29, 0.717) is 3.57 Å². The molecular formula is C20H21F3IN3O6. The van der Waals surface area contributed by atoms with Gasteiger partial charge in [0.25, 0.3) is 5.91 Å². The number of carbonyl (C=O) groups excluding carboxylic acids is 1. The van der Waals surface area contributed by atoms with E-state index in [4.69, 9.17) is 24.6 Å². The molecule has 1 amide bonds. The maximum Gasteiger partial charge on any atom is 0.277 e. The van der Waals surface area contributed by atoms with Crippen molar-refractivity contribution in [1.29, 1.82) is 0 Å². The summed E-state index contributed by atoms with van der Waals surface area (Å²) in [5.74, 6) is -4.55. The standard InChI is InChI=1S/C20H21F3IN3O6/c21-15-10-13(24)1-2-16(15)26-19-14(20(30)27-33-6-4-29)9-12(17(22)18(19)23)11-25-32-8-7-31-5-3-28/h1-2,9-11,26,28-29H,3-8H2,(H,27,30). The average Bonchev–Trinajstić information content (AvgIpc) is 2.79. The molecule has 0 spiro atoms. The minimum atomic E-state index is -1.46. The summed E-state index contributed by atoms with van der Waals surface area (Å²) >= 11 is 1.88. The Hall–Kier alpha value is -2.46. The Morgan fingerprint density at radius 2 is 1.82 bits per heavy atom. The van der Waals surface area contributed by atoms with E-state index in [2.05, 4.69) is 10.5 Å². The molecule has 4 N–H and O–H groups in total. The summed E-state index contributed by atoms with van der Waals surface area (Å²) in [6.45, 7) is -0.602. The fraction of sp³-hybridized carbons (Fsp3) is 0.300. The van der Waals surface area contributed by atoms with Crippen LogP contribution in [0.1, 0.15) is 15.9 Å². The number of ether oxygens (including phenoxy) is 1. The van der Waals surface area contributed by atoms with Crippen molar-refractivity contribution in [2.24, 2.45) is 5.16 Å². The maximum atomic E-state index is 14.9. The lowest BCUT2D eigenvalue weighted by molar-refractivity contribution is 0.0168. The van der Waals surface area contributed by atoms with Crippen LogP contribution in [0.25, 0.3) is 0 Å². The highest BCUT2D eigenvalue weighted by molar-refractivity contribution is 14.1. The summed E-state index contributed by atoms with van der Waals surface area (Å²) in [5, 5.41) is 23.3. The molecule has 0 bridgehead atoms. The Morgan fingerprint density at radius 3 is 2.52 bits per heavy atom. The van der Waals surface area contributed by atoms with Crippen LogP contribution in [0.15, 0.2) is 29.4 Å². The zero-order valence-electron chi connectivity index (χ0n) is 17.1. The number of nitrogens with one attached hydrogen (secondary N) is 2. The molecule has 0 aliphatic carbocycles. The zero-order chi connectivity index (χ0) is 24.2. The number of aliphatic hydroxyl groups excluding tert-OH is 2. The van der Waals surface area contributed by atoms with E-state index in [1.54, 1.807) is 0 Å². The normalized spacial score (nSPS) is 11.1. The van der Waals surface area contributed by atoms with Crippen LogP contribution < -0.4 is 10.8 Å². The Labute approximate surface area is 200 Å². The molecule has 180 valence electrons. The number of carbonyl (C=O) groups is 1. The second kappa shape index (κ2) is 13.9. The molecule has 2 aromatic carbocycles. The molecule has 33 heavy (non-hydrogen) atoms. The second-order valence-electron chi connectivity index (χ2n) is 6.17. The summed E-state index contributed by atoms with van der Waals surface area (Å²) in [7, 11) is 0. The van der Waals surface area contributed by atoms with Gasteiger partial charge in [-0.3, -0.25) is 9.63 Å². The van der Waals surface area contributed by atoms with E-state index in [9.17, 15) is 18.0 Å². The highest BCUT2D eigenvalue weighted by atomic mass is 127. The molecule has 0 radical (unpaired) electrons. The molecule has 0 aliphatic heterocycles. The number of amides is 1. The first-order valence-electron chi connectivity index (χ1n) is 9.50. The summed E-state index contributed by atoms with van der Waals surface area (Å²) in [4.78, 5) is 22.1. The third-order valence-electron chi connectivity index (χ3n) is 3.85. The van der Waals surface area contributed by atoms with Gasteiger partial charge in [0.05, 0.1) is 56.2 Å². The van der Waals surface area contributed by atoms with Crippen LogP contribution in [0, 0.1) is 21.0 Å². The Balaban J connectivity index is 2.33. The third kappa shape index (κ3) is 8.12. The SMILES string of the molecule is O=C(NOCCO)c1cc(C=NOCCOCCO)c(F)c(F)c1Nc1ccc(I)cc1F. The predicted molar refractivity (Wildman–Crippen MR) is 121 cm³/mol. The van der Waals surface area contributed by atoms with Gasteiger partial charge in [-0.2, -0.15) is 0 Å². The number of oxime groups is 1. The summed E-state index contributed by atoms with van der Waals surface area (Å²) in [5.41, 5.74) is 0.319. The van der Waals surface area contributed by atoms with E-state index in [1.807, 2.05) is 28.1 Å². The van der Waals surface area contributed by atoms with Crippen molar-refractivity contribution in [3.05, 3.63) is 56.4 Å². The van der Waals surface area contributed by atoms with Gasteiger partial charge in [-0.1, -0.05) is 5.16 Å². The summed E-state index contributed by atoms with van der Waals surface area (Å²) in [6.07, 6.45) is 0.852. The summed E-state index contributed by atoms with van der Waals surface area (Å²) < 4.78 is 49.3. The van der Waals surface area contributed by atoms with Gasteiger partial charge in [0, 0.05) is 9.13 Å². The number of halogens is 4. The van der Waals surface area contributed by atoms with E-state index in [-0.39, 0.29) is 38.7 Å². The summed E-state index contributed by atoms with van der Waals surface area (Å²) in [6, 6.07) is 4.98. The van der Waals surface area contributed by atoms with Crippen LogP contribution in [0.5, 0.6) is 0 Å². The van der Waals surface area contributed by atoms with Gasteiger partial charge in [-0.25, -0.2) is 18.7 Å². The molecule has 13 heteroatoms. The molecule has 0 atom stereocenters. The minimum absolute atomic E-state index is 0.0192. The van der Waals surface area contributed by atoms with Crippen molar-refractivity contribution in [2.75, 3.05) is 45.0 Å². The lowest BCUT2D eigenvalue weighted by atomic mass is 10.1. The van der Waals surface area contributed by atoms with Gasteiger partial charge in [0.2, 0.25) is 0 Å². The number of hydroxylamine groups is 1. The first-order chi connectivity index (χ1) is 15.9. The Bertz CT molecular complexity index is 981. The lowest BCUT2D eigenvalue weighted by Gasteiger charge is -2.15.